The van der Waals surface area contributed by atoms with Gasteiger partial charge in [0.15, 0.2) is 4.80 Å². The Bertz CT molecular complexity index is 1430. The van der Waals surface area contributed by atoms with Crippen molar-refractivity contribution in [1.82, 2.24) is 4.57 Å². The SMILES string of the molecule is CCOC(=O)C1=C(C)N=c2s/c(=C/c3ccccc3OC(C)=O)c(=O)n2[C@@H]1c1ccccc1. The lowest BCUT2D eigenvalue weighted by Crippen LogP contribution is -2.39. The van der Waals surface area contributed by atoms with E-state index >= 15 is 0 Å². The van der Waals surface area contributed by atoms with Crippen LogP contribution in [-0.4, -0.2) is 23.1 Å². The van der Waals surface area contributed by atoms with E-state index in [1.54, 1.807) is 44.2 Å². The fraction of sp³-hybridized carbons (Fsp3) is 0.200. The van der Waals surface area contributed by atoms with Crippen LogP contribution in [0.25, 0.3) is 6.08 Å². The van der Waals surface area contributed by atoms with Gasteiger partial charge in [-0.1, -0.05) is 59.9 Å². The summed E-state index contributed by atoms with van der Waals surface area (Å²) in [7, 11) is 0. The van der Waals surface area contributed by atoms with Crippen LogP contribution in [0.5, 0.6) is 5.75 Å². The van der Waals surface area contributed by atoms with Gasteiger partial charge in [0.2, 0.25) is 0 Å². The molecule has 7 nitrogen and oxygen atoms in total. The van der Waals surface area contributed by atoms with Crippen LogP contribution in [0.4, 0.5) is 0 Å². The van der Waals surface area contributed by atoms with Crippen molar-refractivity contribution in [3.8, 4) is 5.75 Å². The van der Waals surface area contributed by atoms with Gasteiger partial charge in [0.1, 0.15) is 5.75 Å². The third-order valence-corrected chi connectivity index (χ3v) is 6.07. The number of esters is 2. The Labute approximate surface area is 193 Å². The molecule has 0 fully saturated rings. The Balaban J connectivity index is 1.94. The maximum absolute atomic E-state index is 13.6. The zero-order valence-corrected chi connectivity index (χ0v) is 19.2. The second-order valence-electron chi connectivity index (χ2n) is 7.34. The molecule has 0 bridgehead atoms. The van der Waals surface area contributed by atoms with Crippen molar-refractivity contribution in [2.24, 2.45) is 4.99 Å². The molecule has 0 unspecified atom stereocenters. The summed E-state index contributed by atoms with van der Waals surface area (Å²) < 4.78 is 12.5. The topological polar surface area (TPSA) is 87.0 Å². The number of thiazole rings is 1. The zero-order chi connectivity index (χ0) is 23.5. The van der Waals surface area contributed by atoms with Gasteiger partial charge < -0.3 is 9.47 Å². The number of fused-ring (bicyclic) bond motifs is 1. The molecule has 33 heavy (non-hydrogen) atoms. The van der Waals surface area contributed by atoms with Crippen LogP contribution in [0.15, 0.2) is 75.7 Å². The molecule has 2 aromatic carbocycles. The predicted octanol–water partition coefficient (Wildman–Crippen LogP) is 2.72. The standard InChI is InChI=1S/C25H22N2O5S/c1-4-31-24(30)21-15(2)26-25-27(22(21)17-10-6-5-7-11-17)23(29)20(33-25)14-18-12-8-9-13-19(18)32-16(3)28/h5-14,22H,4H2,1-3H3/b20-14+/t22-/m1/s1. The van der Waals surface area contributed by atoms with Crippen molar-refractivity contribution >= 4 is 29.4 Å². The Hall–Kier alpha value is -3.78. The maximum atomic E-state index is 13.6. The van der Waals surface area contributed by atoms with E-state index in [9.17, 15) is 14.4 Å². The minimum Gasteiger partial charge on any atom is -0.463 e. The monoisotopic (exact) mass is 462 g/mol. The van der Waals surface area contributed by atoms with E-state index in [-0.39, 0.29) is 12.2 Å². The molecule has 1 aliphatic heterocycles. The molecule has 0 saturated heterocycles. The third kappa shape index (κ3) is 4.42. The lowest BCUT2D eigenvalue weighted by atomic mass is 9.96. The van der Waals surface area contributed by atoms with Crippen LogP contribution >= 0.6 is 11.3 Å². The number of carbonyl (C=O) groups excluding carboxylic acids is 2. The summed E-state index contributed by atoms with van der Waals surface area (Å²) in [6.45, 7) is 5.02. The second kappa shape index (κ2) is 9.38. The molecule has 168 valence electrons. The van der Waals surface area contributed by atoms with Crippen LogP contribution in [0.2, 0.25) is 0 Å². The van der Waals surface area contributed by atoms with Crippen molar-refractivity contribution in [2.75, 3.05) is 6.61 Å². The van der Waals surface area contributed by atoms with E-state index in [4.69, 9.17) is 9.47 Å². The number of aromatic nitrogens is 1. The van der Waals surface area contributed by atoms with Crippen molar-refractivity contribution in [3.63, 3.8) is 0 Å². The number of nitrogens with zero attached hydrogens (tertiary/aromatic N) is 2. The Morgan fingerprint density at radius 3 is 2.52 bits per heavy atom. The van der Waals surface area contributed by atoms with Gasteiger partial charge in [-0.25, -0.2) is 9.79 Å². The van der Waals surface area contributed by atoms with Crippen LogP contribution in [0.3, 0.4) is 0 Å². The number of para-hydroxylation sites is 1. The fourth-order valence-corrected chi connectivity index (χ4v) is 4.77. The molecular weight excluding hydrogens is 440 g/mol. The predicted molar refractivity (Wildman–Crippen MR) is 125 cm³/mol. The smallest absolute Gasteiger partial charge is 0.338 e. The number of hydrogen-bond acceptors (Lipinski definition) is 7. The molecule has 4 rings (SSSR count). The van der Waals surface area contributed by atoms with Crippen LogP contribution < -0.4 is 19.6 Å². The van der Waals surface area contributed by atoms with E-state index in [2.05, 4.69) is 4.99 Å². The Morgan fingerprint density at radius 1 is 1.12 bits per heavy atom. The van der Waals surface area contributed by atoms with E-state index in [1.807, 2.05) is 30.3 Å². The zero-order valence-electron chi connectivity index (χ0n) is 18.4. The van der Waals surface area contributed by atoms with E-state index in [1.165, 1.54) is 22.8 Å². The van der Waals surface area contributed by atoms with Crippen LogP contribution in [0.1, 0.15) is 37.9 Å². The summed E-state index contributed by atoms with van der Waals surface area (Å²) in [5.41, 5.74) is 1.93. The molecular formula is C25H22N2O5S. The average Bonchev–Trinajstić information content (AvgIpc) is 3.09. The maximum Gasteiger partial charge on any atom is 0.338 e. The summed E-state index contributed by atoms with van der Waals surface area (Å²) in [5, 5.41) is 0. The minimum atomic E-state index is -0.660. The van der Waals surface area contributed by atoms with Crippen LogP contribution in [-0.2, 0) is 14.3 Å². The Morgan fingerprint density at radius 2 is 1.82 bits per heavy atom. The first kappa shape index (κ1) is 22.4. The van der Waals surface area contributed by atoms with Crippen molar-refractivity contribution in [1.29, 1.82) is 0 Å². The molecule has 0 saturated carbocycles. The van der Waals surface area contributed by atoms with E-state index in [0.717, 1.165) is 5.56 Å². The minimum absolute atomic E-state index is 0.217. The van der Waals surface area contributed by atoms with E-state index in [0.29, 0.717) is 31.9 Å². The highest BCUT2D eigenvalue weighted by atomic mass is 32.1. The summed E-state index contributed by atoms with van der Waals surface area (Å²) in [4.78, 5) is 42.9. The summed E-state index contributed by atoms with van der Waals surface area (Å²) in [5.74, 6) is -0.586. The van der Waals surface area contributed by atoms with E-state index < -0.39 is 18.0 Å². The largest absolute Gasteiger partial charge is 0.463 e. The van der Waals surface area contributed by atoms with Gasteiger partial charge in [-0.15, -0.1) is 0 Å². The average molecular weight is 463 g/mol. The van der Waals surface area contributed by atoms with Gasteiger partial charge in [0.25, 0.3) is 5.56 Å². The van der Waals surface area contributed by atoms with Gasteiger partial charge in [-0.05, 0) is 31.6 Å². The highest BCUT2D eigenvalue weighted by molar-refractivity contribution is 7.07. The molecule has 1 aliphatic rings. The molecule has 0 spiro atoms. The number of carbonyl (C=O) groups is 2. The molecule has 8 heteroatoms. The highest BCUT2D eigenvalue weighted by Gasteiger charge is 2.33. The van der Waals surface area contributed by atoms with Gasteiger partial charge in [0, 0.05) is 12.5 Å². The molecule has 0 N–H and O–H groups in total. The number of allylic oxidation sites excluding steroid dienone is 1. The van der Waals surface area contributed by atoms with Crippen molar-refractivity contribution in [3.05, 3.63) is 96.7 Å². The number of hydrogen-bond donors (Lipinski definition) is 0. The first-order valence-corrected chi connectivity index (χ1v) is 11.2. The van der Waals surface area contributed by atoms with Gasteiger partial charge >= 0.3 is 11.9 Å². The molecule has 3 aromatic rings. The first-order chi connectivity index (χ1) is 15.9. The number of ether oxygens (including phenoxy) is 2. The van der Waals surface area contributed by atoms with Gasteiger partial charge in [0.05, 0.1) is 28.5 Å². The molecule has 1 atom stereocenters. The molecule has 1 aromatic heterocycles. The van der Waals surface area contributed by atoms with Crippen LogP contribution in [0, 0.1) is 0 Å². The van der Waals surface area contributed by atoms with Crippen molar-refractivity contribution < 1.29 is 19.1 Å². The summed E-state index contributed by atoms with van der Waals surface area (Å²) in [6, 6.07) is 15.7. The normalized spacial score (nSPS) is 15.6. The fourth-order valence-electron chi connectivity index (χ4n) is 3.73. The number of rotatable bonds is 5. The lowest BCUT2D eigenvalue weighted by Gasteiger charge is -2.24. The van der Waals surface area contributed by atoms with Crippen molar-refractivity contribution in [2.45, 2.75) is 26.8 Å². The molecule has 0 amide bonds. The second-order valence-corrected chi connectivity index (χ2v) is 8.35. The number of benzene rings is 2. The molecule has 0 aliphatic carbocycles. The quantitative estimate of drug-likeness (QED) is 0.430. The summed E-state index contributed by atoms with van der Waals surface area (Å²) in [6.07, 6.45) is 1.67. The third-order valence-electron chi connectivity index (χ3n) is 5.09. The highest BCUT2D eigenvalue weighted by Crippen LogP contribution is 2.30. The summed E-state index contributed by atoms with van der Waals surface area (Å²) >= 11 is 1.22. The lowest BCUT2D eigenvalue weighted by molar-refractivity contribution is -0.139. The first-order valence-electron chi connectivity index (χ1n) is 10.4. The molecule has 0 radical (unpaired) electrons. The Kier molecular flexibility index (Phi) is 6.37. The van der Waals surface area contributed by atoms with Gasteiger partial charge in [-0.3, -0.25) is 14.2 Å². The molecule has 2 heterocycles. The van der Waals surface area contributed by atoms with Gasteiger partial charge in [-0.2, -0.15) is 0 Å².